The number of nitrogens with zero attached hydrogens (tertiary/aromatic N) is 1. The molecule has 0 aliphatic carbocycles. The van der Waals surface area contributed by atoms with Crippen LogP contribution in [0.4, 0.5) is 17.1 Å². The molecule has 0 bridgehead atoms. The maximum atomic E-state index is 12.2. The molecule has 2 N–H and O–H groups in total. The first-order valence-corrected chi connectivity index (χ1v) is 8.90. The van der Waals surface area contributed by atoms with Gasteiger partial charge in [-0.25, -0.2) is 0 Å². The molecule has 0 fully saturated rings. The van der Waals surface area contributed by atoms with Crippen LogP contribution in [0.15, 0.2) is 36.4 Å². The summed E-state index contributed by atoms with van der Waals surface area (Å²) in [4.78, 5) is 14.5. The normalized spacial score (nSPS) is 10.4. The van der Waals surface area contributed by atoms with Crippen molar-refractivity contribution in [2.24, 2.45) is 0 Å². The molecule has 0 atom stereocenters. The minimum Gasteiger partial charge on any atom is -0.376 e. The van der Waals surface area contributed by atoms with Gasteiger partial charge in [0.05, 0.1) is 6.54 Å². The zero-order valence-corrected chi connectivity index (χ0v) is 15.9. The van der Waals surface area contributed by atoms with Crippen molar-refractivity contribution in [2.75, 3.05) is 35.2 Å². The lowest BCUT2D eigenvalue weighted by molar-refractivity contribution is -0.114. The number of amides is 1. The van der Waals surface area contributed by atoms with E-state index in [0.717, 1.165) is 41.2 Å². The molecule has 0 spiro atoms. The monoisotopic (exact) mass is 339 g/mol. The number of carbonyl (C=O) groups is 1. The van der Waals surface area contributed by atoms with Crippen molar-refractivity contribution >= 4 is 23.0 Å². The van der Waals surface area contributed by atoms with E-state index in [-0.39, 0.29) is 12.5 Å². The van der Waals surface area contributed by atoms with E-state index in [1.165, 1.54) is 5.69 Å². The van der Waals surface area contributed by atoms with Gasteiger partial charge in [-0.2, -0.15) is 0 Å². The summed E-state index contributed by atoms with van der Waals surface area (Å²) in [6.45, 7) is 12.7. The lowest BCUT2D eigenvalue weighted by Crippen LogP contribution is -2.23. The number of nitrogens with one attached hydrogen (secondary N) is 2. The second-order valence-electron chi connectivity index (χ2n) is 6.45. The summed E-state index contributed by atoms with van der Waals surface area (Å²) >= 11 is 0. The van der Waals surface area contributed by atoms with Gasteiger partial charge in [0, 0.05) is 30.2 Å². The fourth-order valence-corrected chi connectivity index (χ4v) is 3.06. The average Bonchev–Trinajstić information content (AvgIpc) is 2.54. The Hall–Kier alpha value is -2.49. The van der Waals surface area contributed by atoms with Gasteiger partial charge in [0.25, 0.3) is 0 Å². The van der Waals surface area contributed by atoms with Gasteiger partial charge in [-0.15, -0.1) is 0 Å². The number of aryl methyl sites for hydroxylation is 3. The van der Waals surface area contributed by atoms with E-state index in [1.807, 2.05) is 32.0 Å². The van der Waals surface area contributed by atoms with E-state index in [4.69, 9.17) is 0 Å². The highest BCUT2D eigenvalue weighted by Gasteiger charge is 2.07. The van der Waals surface area contributed by atoms with Gasteiger partial charge < -0.3 is 15.5 Å². The first-order chi connectivity index (χ1) is 11.9. The van der Waals surface area contributed by atoms with Gasteiger partial charge in [0.2, 0.25) is 5.91 Å². The van der Waals surface area contributed by atoms with Crippen LogP contribution in [0, 0.1) is 20.8 Å². The predicted octanol–water partition coefficient (Wildman–Crippen LogP) is 4.51. The number of carbonyl (C=O) groups excluding carboxylic acids is 1. The van der Waals surface area contributed by atoms with E-state index in [0.29, 0.717) is 0 Å². The van der Waals surface area contributed by atoms with Crippen LogP contribution >= 0.6 is 0 Å². The van der Waals surface area contributed by atoms with Crippen molar-refractivity contribution in [1.82, 2.24) is 0 Å². The first kappa shape index (κ1) is 18.8. The molecule has 0 saturated carbocycles. The molecule has 0 saturated heterocycles. The molecule has 1 amide bonds. The number of benzene rings is 2. The minimum absolute atomic E-state index is 0.0442. The smallest absolute Gasteiger partial charge is 0.243 e. The van der Waals surface area contributed by atoms with Gasteiger partial charge in [0.1, 0.15) is 0 Å². The molecule has 2 rings (SSSR count). The summed E-state index contributed by atoms with van der Waals surface area (Å²) in [6, 6.07) is 12.4. The van der Waals surface area contributed by atoms with Gasteiger partial charge in [-0.05, 0) is 81.6 Å². The topological polar surface area (TPSA) is 44.4 Å². The Morgan fingerprint density at radius 1 is 0.960 bits per heavy atom. The van der Waals surface area contributed by atoms with Crippen LogP contribution < -0.4 is 15.5 Å². The Kier molecular flexibility index (Phi) is 6.45. The second-order valence-corrected chi connectivity index (χ2v) is 6.45. The van der Waals surface area contributed by atoms with Crippen LogP contribution in [0.25, 0.3) is 0 Å². The molecule has 134 valence electrons. The maximum Gasteiger partial charge on any atom is 0.243 e. The summed E-state index contributed by atoms with van der Waals surface area (Å²) < 4.78 is 0. The van der Waals surface area contributed by atoms with E-state index >= 15 is 0 Å². The standard InChI is InChI=1S/C21H29N3O/c1-6-24(7-2)19-8-9-20(17(5)13-19)22-14-21(25)23-18-11-15(3)10-16(4)12-18/h8-13,22H,6-7,14H2,1-5H3,(H,23,25). The second kappa shape index (κ2) is 8.56. The molecule has 0 aromatic heterocycles. The molecule has 0 aliphatic heterocycles. The van der Waals surface area contributed by atoms with Crippen LogP contribution in [0.2, 0.25) is 0 Å². The zero-order chi connectivity index (χ0) is 18.4. The average molecular weight is 339 g/mol. The molecule has 0 heterocycles. The molecule has 0 unspecified atom stereocenters. The Morgan fingerprint density at radius 3 is 2.16 bits per heavy atom. The molecular formula is C21H29N3O. The van der Waals surface area contributed by atoms with Crippen molar-refractivity contribution in [3.05, 3.63) is 53.1 Å². The van der Waals surface area contributed by atoms with E-state index in [1.54, 1.807) is 0 Å². The molecule has 4 heteroatoms. The van der Waals surface area contributed by atoms with E-state index < -0.39 is 0 Å². The van der Waals surface area contributed by atoms with Gasteiger partial charge in [-0.3, -0.25) is 4.79 Å². The van der Waals surface area contributed by atoms with Gasteiger partial charge >= 0.3 is 0 Å². The van der Waals surface area contributed by atoms with Crippen LogP contribution in [0.1, 0.15) is 30.5 Å². The van der Waals surface area contributed by atoms with E-state index in [9.17, 15) is 4.79 Å². The quantitative estimate of drug-likeness (QED) is 0.780. The molecule has 4 nitrogen and oxygen atoms in total. The molecular weight excluding hydrogens is 310 g/mol. The fourth-order valence-electron chi connectivity index (χ4n) is 3.06. The largest absolute Gasteiger partial charge is 0.376 e. The summed E-state index contributed by atoms with van der Waals surface area (Å²) in [5.74, 6) is -0.0442. The predicted molar refractivity (Wildman–Crippen MR) is 108 cm³/mol. The lowest BCUT2D eigenvalue weighted by Gasteiger charge is -2.22. The minimum atomic E-state index is -0.0442. The van der Waals surface area contributed by atoms with Crippen molar-refractivity contribution in [1.29, 1.82) is 0 Å². The van der Waals surface area contributed by atoms with Crippen LogP contribution in [0.3, 0.4) is 0 Å². The number of rotatable bonds is 7. The lowest BCUT2D eigenvalue weighted by atomic mass is 10.1. The van der Waals surface area contributed by atoms with Gasteiger partial charge in [-0.1, -0.05) is 6.07 Å². The third-order valence-corrected chi connectivity index (χ3v) is 4.28. The highest BCUT2D eigenvalue weighted by Crippen LogP contribution is 2.22. The highest BCUT2D eigenvalue weighted by atomic mass is 16.1. The number of hydrogen-bond donors (Lipinski definition) is 2. The van der Waals surface area contributed by atoms with Crippen molar-refractivity contribution in [3.8, 4) is 0 Å². The van der Waals surface area contributed by atoms with Crippen molar-refractivity contribution in [3.63, 3.8) is 0 Å². The zero-order valence-electron chi connectivity index (χ0n) is 15.9. The molecule has 2 aromatic rings. The molecule has 25 heavy (non-hydrogen) atoms. The summed E-state index contributed by atoms with van der Waals surface area (Å²) in [5, 5.41) is 6.19. The summed E-state index contributed by atoms with van der Waals surface area (Å²) in [7, 11) is 0. The molecule has 2 aromatic carbocycles. The third-order valence-electron chi connectivity index (χ3n) is 4.28. The maximum absolute atomic E-state index is 12.2. The van der Waals surface area contributed by atoms with Gasteiger partial charge in [0.15, 0.2) is 0 Å². The van der Waals surface area contributed by atoms with Crippen LogP contribution in [-0.2, 0) is 4.79 Å². The summed E-state index contributed by atoms with van der Waals surface area (Å²) in [5.41, 5.74) is 6.48. The van der Waals surface area contributed by atoms with Crippen LogP contribution in [-0.4, -0.2) is 25.5 Å². The number of hydrogen-bond acceptors (Lipinski definition) is 3. The Bertz CT molecular complexity index is 716. The highest BCUT2D eigenvalue weighted by molar-refractivity contribution is 5.94. The number of anilines is 3. The van der Waals surface area contributed by atoms with Crippen LogP contribution in [0.5, 0.6) is 0 Å². The SMILES string of the molecule is CCN(CC)c1ccc(NCC(=O)Nc2cc(C)cc(C)c2)c(C)c1. The van der Waals surface area contributed by atoms with Crippen molar-refractivity contribution in [2.45, 2.75) is 34.6 Å². The first-order valence-electron chi connectivity index (χ1n) is 8.90. The Morgan fingerprint density at radius 2 is 1.60 bits per heavy atom. The molecule has 0 radical (unpaired) electrons. The Balaban J connectivity index is 1.97. The summed E-state index contributed by atoms with van der Waals surface area (Å²) in [6.07, 6.45) is 0. The third kappa shape index (κ3) is 5.24. The van der Waals surface area contributed by atoms with Crippen molar-refractivity contribution < 1.29 is 4.79 Å². The Labute approximate surface area is 151 Å². The van der Waals surface area contributed by atoms with E-state index in [2.05, 4.69) is 54.5 Å². The molecule has 0 aliphatic rings. The fraction of sp³-hybridized carbons (Fsp3) is 0.381.